The van der Waals surface area contributed by atoms with Gasteiger partial charge in [-0.05, 0) is 100 Å². The maximum absolute atomic E-state index is 5.90. The first-order valence-electron chi connectivity index (χ1n) is 12.2. The fraction of sp³-hybridized carbons (Fsp3) is 0.538. The van der Waals surface area contributed by atoms with Gasteiger partial charge in [-0.1, -0.05) is 48.5 Å². The Morgan fingerprint density at radius 2 is 1.09 bits per heavy atom. The Morgan fingerprint density at radius 1 is 0.594 bits per heavy atom. The molecule has 0 fully saturated rings. The van der Waals surface area contributed by atoms with Crippen molar-refractivity contribution in [1.29, 1.82) is 0 Å². The van der Waals surface area contributed by atoms with Gasteiger partial charge in [0.2, 0.25) is 0 Å². The lowest BCUT2D eigenvalue weighted by Crippen LogP contribution is -2.35. The van der Waals surface area contributed by atoms with Crippen LogP contribution < -0.4 is 33.6 Å². The SMILES string of the molecule is NCCCNC(CCN)Cc1cc(CC(CCN)NCCCN)cc(-c2ccccc2)c1. The minimum absolute atomic E-state index is 0.355. The standard InChI is InChI=1S/C26H44N6/c27-10-4-14-31-25(8-12-29)19-21-16-22(20-26(9-13-30)32-15-5-11-28)18-24(17-21)23-6-2-1-3-7-23/h1-3,6-7,16-18,25-26,31-32H,4-5,8-15,19-20,27-30H2. The fourth-order valence-corrected chi connectivity index (χ4v) is 4.14. The highest BCUT2D eigenvalue weighted by atomic mass is 14.9. The zero-order valence-electron chi connectivity index (χ0n) is 19.6. The molecule has 0 heterocycles. The van der Waals surface area contributed by atoms with E-state index in [2.05, 4.69) is 59.2 Å². The summed E-state index contributed by atoms with van der Waals surface area (Å²) >= 11 is 0. The van der Waals surface area contributed by atoms with E-state index in [0.29, 0.717) is 38.3 Å². The molecule has 0 aliphatic heterocycles. The maximum Gasteiger partial charge on any atom is 0.0119 e. The topological polar surface area (TPSA) is 128 Å². The summed E-state index contributed by atoms with van der Waals surface area (Å²) in [5.74, 6) is 0. The predicted octanol–water partition coefficient (Wildman–Crippen LogP) is 1.75. The molecule has 0 aliphatic rings. The van der Waals surface area contributed by atoms with Gasteiger partial charge in [-0.2, -0.15) is 0 Å². The van der Waals surface area contributed by atoms with Crippen LogP contribution in [-0.2, 0) is 12.8 Å². The molecular weight excluding hydrogens is 396 g/mol. The van der Waals surface area contributed by atoms with Gasteiger partial charge in [0.25, 0.3) is 0 Å². The van der Waals surface area contributed by atoms with Crippen molar-refractivity contribution in [3.8, 4) is 11.1 Å². The van der Waals surface area contributed by atoms with E-state index in [1.807, 2.05) is 0 Å². The molecule has 2 rings (SSSR count). The van der Waals surface area contributed by atoms with Crippen molar-refractivity contribution in [3.05, 3.63) is 59.7 Å². The van der Waals surface area contributed by atoms with Crippen LogP contribution in [0.4, 0.5) is 0 Å². The number of hydrogen-bond donors (Lipinski definition) is 6. The molecular formula is C26H44N6. The van der Waals surface area contributed by atoms with Gasteiger partial charge in [-0.15, -0.1) is 0 Å². The molecule has 10 N–H and O–H groups in total. The lowest BCUT2D eigenvalue weighted by atomic mass is 9.92. The molecule has 0 saturated carbocycles. The molecule has 2 aromatic carbocycles. The average Bonchev–Trinajstić information content (AvgIpc) is 2.80. The van der Waals surface area contributed by atoms with E-state index >= 15 is 0 Å². The van der Waals surface area contributed by atoms with Gasteiger partial charge in [0.15, 0.2) is 0 Å². The van der Waals surface area contributed by atoms with Crippen LogP contribution in [0.1, 0.15) is 36.8 Å². The molecule has 0 aliphatic carbocycles. The van der Waals surface area contributed by atoms with Gasteiger partial charge in [-0.3, -0.25) is 0 Å². The van der Waals surface area contributed by atoms with Crippen molar-refractivity contribution < 1.29 is 0 Å². The van der Waals surface area contributed by atoms with Crippen molar-refractivity contribution in [2.45, 2.75) is 50.6 Å². The molecule has 178 valence electrons. The summed E-state index contributed by atoms with van der Waals surface area (Å²) in [6, 6.07) is 18.3. The van der Waals surface area contributed by atoms with Crippen molar-refractivity contribution in [1.82, 2.24) is 10.6 Å². The van der Waals surface area contributed by atoms with Crippen LogP contribution in [-0.4, -0.2) is 51.4 Å². The summed E-state index contributed by atoms with van der Waals surface area (Å²) in [6.07, 6.45) is 5.77. The van der Waals surface area contributed by atoms with Crippen LogP contribution in [0.2, 0.25) is 0 Å². The molecule has 0 bridgehead atoms. The number of benzene rings is 2. The summed E-state index contributed by atoms with van der Waals surface area (Å²) in [7, 11) is 0. The Morgan fingerprint density at radius 3 is 1.53 bits per heavy atom. The van der Waals surface area contributed by atoms with Crippen LogP contribution in [0, 0.1) is 0 Å². The molecule has 2 aromatic rings. The first-order chi connectivity index (χ1) is 15.7. The lowest BCUT2D eigenvalue weighted by molar-refractivity contribution is 0.475. The van der Waals surface area contributed by atoms with Crippen molar-refractivity contribution in [2.75, 3.05) is 39.3 Å². The number of nitrogens with two attached hydrogens (primary N) is 4. The Hall–Kier alpha value is -1.80. The first-order valence-corrected chi connectivity index (χ1v) is 12.2. The smallest absolute Gasteiger partial charge is 0.0119 e. The van der Waals surface area contributed by atoms with Crippen LogP contribution in [0.25, 0.3) is 11.1 Å². The summed E-state index contributed by atoms with van der Waals surface area (Å²) in [6.45, 7) is 4.61. The highest BCUT2D eigenvalue weighted by Crippen LogP contribution is 2.24. The van der Waals surface area contributed by atoms with Gasteiger partial charge in [0, 0.05) is 12.1 Å². The average molecular weight is 441 g/mol. The van der Waals surface area contributed by atoms with Crippen molar-refractivity contribution in [2.24, 2.45) is 22.9 Å². The predicted molar refractivity (Wildman–Crippen MR) is 138 cm³/mol. The van der Waals surface area contributed by atoms with Gasteiger partial charge < -0.3 is 33.6 Å². The molecule has 32 heavy (non-hydrogen) atoms. The highest BCUT2D eigenvalue weighted by molar-refractivity contribution is 5.65. The molecule has 2 atom stereocenters. The molecule has 2 unspecified atom stereocenters. The van der Waals surface area contributed by atoms with E-state index in [-0.39, 0.29) is 0 Å². The van der Waals surface area contributed by atoms with E-state index in [1.165, 1.54) is 22.3 Å². The van der Waals surface area contributed by atoms with E-state index in [9.17, 15) is 0 Å². The fourth-order valence-electron chi connectivity index (χ4n) is 4.14. The largest absolute Gasteiger partial charge is 0.330 e. The summed E-state index contributed by atoms with van der Waals surface area (Å²) in [5.41, 5.74) is 28.3. The highest BCUT2D eigenvalue weighted by Gasteiger charge is 2.13. The Balaban J connectivity index is 2.25. The van der Waals surface area contributed by atoms with Crippen LogP contribution in [0.15, 0.2) is 48.5 Å². The first kappa shape index (κ1) is 26.5. The quantitative estimate of drug-likeness (QED) is 0.208. The van der Waals surface area contributed by atoms with Crippen LogP contribution in [0.5, 0.6) is 0 Å². The monoisotopic (exact) mass is 440 g/mol. The van der Waals surface area contributed by atoms with Gasteiger partial charge in [0.05, 0.1) is 0 Å². The van der Waals surface area contributed by atoms with Crippen LogP contribution in [0.3, 0.4) is 0 Å². The molecule has 0 saturated heterocycles. The Bertz CT molecular complexity index is 696. The molecule has 0 spiro atoms. The molecule has 6 heteroatoms. The molecule has 6 nitrogen and oxygen atoms in total. The van der Waals surface area contributed by atoms with Crippen molar-refractivity contribution in [3.63, 3.8) is 0 Å². The van der Waals surface area contributed by atoms with Crippen molar-refractivity contribution >= 4 is 0 Å². The lowest BCUT2D eigenvalue weighted by Gasteiger charge is -2.21. The summed E-state index contributed by atoms with van der Waals surface area (Å²) < 4.78 is 0. The second kappa shape index (κ2) is 15.9. The number of hydrogen-bond acceptors (Lipinski definition) is 6. The van der Waals surface area contributed by atoms with Gasteiger partial charge in [0.1, 0.15) is 0 Å². The second-order valence-electron chi connectivity index (χ2n) is 8.55. The minimum atomic E-state index is 0.355. The number of nitrogens with one attached hydrogen (secondary N) is 2. The summed E-state index contributed by atoms with van der Waals surface area (Å²) in [4.78, 5) is 0. The zero-order valence-corrected chi connectivity index (χ0v) is 19.6. The Labute approximate surface area is 194 Å². The maximum atomic E-state index is 5.90. The van der Waals surface area contributed by atoms with Crippen LogP contribution >= 0.6 is 0 Å². The third-order valence-corrected chi connectivity index (χ3v) is 5.78. The summed E-state index contributed by atoms with van der Waals surface area (Å²) in [5, 5.41) is 7.29. The van der Waals surface area contributed by atoms with E-state index in [0.717, 1.165) is 51.6 Å². The zero-order chi connectivity index (χ0) is 23.0. The van der Waals surface area contributed by atoms with Gasteiger partial charge in [-0.25, -0.2) is 0 Å². The molecule has 0 radical (unpaired) electrons. The molecule has 0 amide bonds. The molecule has 0 aromatic heterocycles. The van der Waals surface area contributed by atoms with E-state index in [4.69, 9.17) is 22.9 Å². The normalized spacial score (nSPS) is 13.2. The second-order valence-corrected chi connectivity index (χ2v) is 8.55. The Kier molecular flexibility index (Phi) is 13.2. The van der Waals surface area contributed by atoms with Gasteiger partial charge >= 0.3 is 0 Å². The van der Waals surface area contributed by atoms with E-state index < -0.39 is 0 Å². The third kappa shape index (κ3) is 9.77. The van der Waals surface area contributed by atoms with E-state index in [1.54, 1.807) is 0 Å². The number of rotatable bonds is 17. The third-order valence-electron chi connectivity index (χ3n) is 5.78. The minimum Gasteiger partial charge on any atom is -0.330 e.